The van der Waals surface area contributed by atoms with Crippen molar-refractivity contribution in [2.24, 2.45) is 10.5 Å². The highest BCUT2D eigenvalue weighted by molar-refractivity contribution is 6.05. The highest BCUT2D eigenvalue weighted by Gasteiger charge is 2.37. The number of hydrazone groups is 1. The number of nitrogens with two attached hydrogens (primary N) is 1. The molecule has 7 heteroatoms. The van der Waals surface area contributed by atoms with Crippen LogP contribution in [0.1, 0.15) is 32.3 Å². The molecular weight excluding hydrogens is 296 g/mol. The minimum Gasteiger partial charge on any atom is -0.465 e. The monoisotopic (exact) mass is 318 g/mol. The minimum atomic E-state index is -1.07. The van der Waals surface area contributed by atoms with Crippen LogP contribution in [0, 0.1) is 5.41 Å². The molecule has 0 bridgehead atoms. The van der Waals surface area contributed by atoms with Crippen LogP contribution in [0.3, 0.4) is 0 Å². The van der Waals surface area contributed by atoms with E-state index in [9.17, 15) is 9.59 Å². The van der Waals surface area contributed by atoms with Crippen molar-refractivity contribution in [1.29, 1.82) is 0 Å². The van der Waals surface area contributed by atoms with Crippen LogP contribution in [0.25, 0.3) is 0 Å². The van der Waals surface area contributed by atoms with E-state index in [1.54, 1.807) is 0 Å². The molecule has 0 fully saturated rings. The van der Waals surface area contributed by atoms with Gasteiger partial charge in [0, 0.05) is 25.2 Å². The van der Waals surface area contributed by atoms with Crippen LogP contribution >= 0.6 is 0 Å². The van der Waals surface area contributed by atoms with Crippen molar-refractivity contribution in [3.8, 4) is 0 Å². The molecule has 0 saturated carbocycles. The summed E-state index contributed by atoms with van der Waals surface area (Å²) in [6.07, 6.45) is -0.00641. The van der Waals surface area contributed by atoms with E-state index in [2.05, 4.69) is 10.4 Å². The lowest BCUT2D eigenvalue weighted by Crippen LogP contribution is -2.44. The Morgan fingerprint density at radius 1 is 1.39 bits per heavy atom. The Kier molecular flexibility index (Phi) is 4.88. The molecule has 1 aromatic rings. The minimum absolute atomic E-state index is 0.0491. The molecule has 0 aromatic heterocycles. The number of carboxylic acid groups (broad SMARTS) is 1. The molecule has 2 rings (SSSR count). The van der Waals surface area contributed by atoms with E-state index < -0.39 is 11.5 Å². The van der Waals surface area contributed by atoms with Crippen LogP contribution in [0.15, 0.2) is 29.4 Å². The second-order valence-corrected chi connectivity index (χ2v) is 6.24. The zero-order chi connectivity index (χ0) is 17.0. The number of anilines is 1. The van der Waals surface area contributed by atoms with Crippen molar-refractivity contribution in [3.63, 3.8) is 0 Å². The van der Waals surface area contributed by atoms with E-state index >= 15 is 0 Å². The third-order valence-corrected chi connectivity index (χ3v) is 3.73. The van der Waals surface area contributed by atoms with Gasteiger partial charge in [-0.2, -0.15) is 5.10 Å². The molecule has 1 heterocycles. The Bertz CT molecular complexity index is 623. The first kappa shape index (κ1) is 16.8. The van der Waals surface area contributed by atoms with Crippen molar-refractivity contribution >= 4 is 23.4 Å². The van der Waals surface area contributed by atoms with E-state index in [0.717, 1.165) is 11.3 Å². The Morgan fingerprint density at radius 2 is 2.04 bits per heavy atom. The summed E-state index contributed by atoms with van der Waals surface area (Å²) in [7, 11) is 0. The molecule has 0 radical (unpaired) electrons. The lowest BCUT2D eigenvalue weighted by atomic mass is 9.82. The number of benzene rings is 1. The molecule has 1 aliphatic rings. The highest BCUT2D eigenvalue weighted by atomic mass is 16.4. The summed E-state index contributed by atoms with van der Waals surface area (Å²) in [5.41, 5.74) is 7.61. The zero-order valence-corrected chi connectivity index (χ0v) is 13.4. The number of hydrogen-bond acceptors (Lipinski definition) is 4. The number of carbonyl (C=O) groups is 2. The zero-order valence-electron chi connectivity index (χ0n) is 13.4. The fourth-order valence-corrected chi connectivity index (χ4v) is 2.48. The lowest BCUT2D eigenvalue weighted by Gasteiger charge is -2.34. The number of rotatable bonds is 5. The van der Waals surface area contributed by atoms with Crippen LogP contribution in [-0.2, 0) is 4.79 Å². The quantitative estimate of drug-likeness (QED) is 0.569. The number of hydrogen-bond donors (Lipinski definition) is 3. The Hall–Kier alpha value is -2.57. The van der Waals surface area contributed by atoms with Crippen molar-refractivity contribution in [3.05, 3.63) is 29.8 Å². The highest BCUT2D eigenvalue weighted by Crippen LogP contribution is 2.31. The van der Waals surface area contributed by atoms with E-state index in [4.69, 9.17) is 10.8 Å². The Balaban J connectivity index is 2.14. The van der Waals surface area contributed by atoms with Gasteiger partial charge in [-0.3, -0.25) is 4.79 Å². The maximum absolute atomic E-state index is 12.5. The average molecular weight is 318 g/mol. The van der Waals surface area contributed by atoms with Gasteiger partial charge in [-0.25, -0.2) is 9.80 Å². The average Bonchev–Trinajstić information content (AvgIpc) is 2.48. The van der Waals surface area contributed by atoms with E-state index in [1.807, 2.05) is 38.1 Å². The number of carbonyl (C=O) groups excluding carboxylic acids is 1. The molecule has 0 saturated heterocycles. The third-order valence-electron chi connectivity index (χ3n) is 3.73. The maximum atomic E-state index is 12.5. The second-order valence-electron chi connectivity index (χ2n) is 6.24. The van der Waals surface area contributed by atoms with Crippen LogP contribution < -0.4 is 11.1 Å². The number of nitrogens with zero attached hydrogens (tertiary/aromatic N) is 2. The van der Waals surface area contributed by atoms with Gasteiger partial charge in [0.15, 0.2) is 0 Å². The molecule has 0 atom stereocenters. The van der Waals surface area contributed by atoms with Crippen molar-refractivity contribution in [1.82, 2.24) is 10.3 Å². The first-order valence-corrected chi connectivity index (χ1v) is 7.52. The summed E-state index contributed by atoms with van der Waals surface area (Å²) in [4.78, 5) is 22.9. The van der Waals surface area contributed by atoms with Crippen LogP contribution in [0.5, 0.6) is 0 Å². The molecular formula is C16H22N4O3. The van der Waals surface area contributed by atoms with Crippen LogP contribution in [0.4, 0.5) is 10.5 Å². The van der Waals surface area contributed by atoms with Gasteiger partial charge in [-0.05, 0) is 24.1 Å². The molecule has 0 aliphatic carbocycles. The van der Waals surface area contributed by atoms with Gasteiger partial charge in [-0.15, -0.1) is 0 Å². The van der Waals surface area contributed by atoms with Gasteiger partial charge in [0.05, 0.1) is 11.1 Å². The second kappa shape index (κ2) is 6.68. The SMILES string of the molecule is CC1(C)CC(c2ccc(N)cc2)=NN(CCCNC(=O)O)C1=O. The standard InChI is InChI=1S/C16H22N4O3/c1-16(2)10-13(11-4-6-12(17)7-5-11)19-20(14(16)21)9-3-8-18-15(22)23/h4-7,18H,3,8-10,17H2,1-2H3,(H,22,23). The van der Waals surface area contributed by atoms with Crippen molar-refractivity contribution in [2.75, 3.05) is 18.8 Å². The first-order chi connectivity index (χ1) is 10.8. The van der Waals surface area contributed by atoms with Gasteiger partial charge in [0.1, 0.15) is 0 Å². The summed E-state index contributed by atoms with van der Waals surface area (Å²) >= 11 is 0. The predicted molar refractivity (Wildman–Crippen MR) is 88.1 cm³/mol. The molecule has 0 unspecified atom stereocenters. The van der Waals surface area contributed by atoms with E-state index in [1.165, 1.54) is 5.01 Å². The molecule has 2 amide bonds. The lowest BCUT2D eigenvalue weighted by molar-refractivity contribution is -0.141. The molecule has 23 heavy (non-hydrogen) atoms. The van der Waals surface area contributed by atoms with Crippen LogP contribution in [0.2, 0.25) is 0 Å². The fraction of sp³-hybridized carbons (Fsp3) is 0.438. The summed E-state index contributed by atoms with van der Waals surface area (Å²) < 4.78 is 0. The Morgan fingerprint density at radius 3 is 2.65 bits per heavy atom. The molecule has 7 nitrogen and oxygen atoms in total. The predicted octanol–water partition coefficient (Wildman–Crippen LogP) is 1.89. The topological polar surface area (TPSA) is 108 Å². The number of nitrogens with one attached hydrogen (secondary N) is 1. The molecule has 4 N–H and O–H groups in total. The summed E-state index contributed by atoms with van der Waals surface area (Å²) in [5.74, 6) is -0.0491. The smallest absolute Gasteiger partial charge is 0.404 e. The molecule has 124 valence electrons. The van der Waals surface area contributed by atoms with E-state index in [-0.39, 0.29) is 12.5 Å². The van der Waals surface area contributed by atoms with Gasteiger partial charge in [0.25, 0.3) is 0 Å². The van der Waals surface area contributed by atoms with Gasteiger partial charge in [-0.1, -0.05) is 26.0 Å². The normalized spacial score (nSPS) is 16.9. The van der Waals surface area contributed by atoms with Crippen LogP contribution in [-0.4, -0.2) is 40.9 Å². The van der Waals surface area contributed by atoms with Gasteiger partial charge < -0.3 is 16.2 Å². The van der Waals surface area contributed by atoms with Crippen molar-refractivity contribution < 1.29 is 14.7 Å². The summed E-state index contributed by atoms with van der Waals surface area (Å²) in [6, 6.07) is 7.40. The van der Waals surface area contributed by atoms with Gasteiger partial charge in [0.2, 0.25) is 5.91 Å². The number of nitrogen functional groups attached to an aromatic ring is 1. The van der Waals surface area contributed by atoms with Crippen molar-refractivity contribution in [2.45, 2.75) is 26.7 Å². The molecule has 1 aliphatic heterocycles. The van der Waals surface area contributed by atoms with E-state index in [0.29, 0.717) is 25.1 Å². The van der Waals surface area contributed by atoms with Gasteiger partial charge >= 0.3 is 6.09 Å². The first-order valence-electron chi connectivity index (χ1n) is 7.52. The largest absolute Gasteiger partial charge is 0.465 e. The number of amides is 2. The molecule has 0 spiro atoms. The fourth-order valence-electron chi connectivity index (χ4n) is 2.48. The molecule has 1 aromatic carbocycles. The maximum Gasteiger partial charge on any atom is 0.404 e. The summed E-state index contributed by atoms with van der Waals surface area (Å²) in [5, 5.41) is 16.8. The Labute approximate surface area is 135 Å². The third kappa shape index (κ3) is 4.21. The summed E-state index contributed by atoms with van der Waals surface area (Å²) in [6.45, 7) is 4.45.